The quantitative estimate of drug-likeness (QED) is 0.639. The molecular formula is C17H21ClN2O. The molecule has 2 heterocycles. The van der Waals surface area contributed by atoms with Crippen LogP contribution in [-0.2, 0) is 0 Å². The molecule has 1 N–H and O–H groups in total. The minimum atomic E-state index is -0.555. The zero-order chi connectivity index (χ0) is 15.1. The summed E-state index contributed by atoms with van der Waals surface area (Å²) >= 11 is 6.06. The molecule has 3 rings (SSSR count). The van der Waals surface area contributed by atoms with Gasteiger partial charge >= 0.3 is 0 Å². The van der Waals surface area contributed by atoms with Crippen LogP contribution in [0.5, 0.6) is 0 Å². The van der Waals surface area contributed by atoms with Crippen LogP contribution in [0.4, 0.5) is 5.69 Å². The maximum absolute atomic E-state index is 10.1. The molecule has 2 fully saturated rings. The average Bonchev–Trinajstić information content (AvgIpc) is 3.16. The summed E-state index contributed by atoms with van der Waals surface area (Å²) in [4.78, 5) is 6.43. The maximum atomic E-state index is 10.1. The molecule has 3 nitrogen and oxygen atoms in total. The van der Waals surface area contributed by atoms with Crippen LogP contribution in [0.25, 0.3) is 0 Å². The van der Waals surface area contributed by atoms with Gasteiger partial charge in [0.05, 0.1) is 16.9 Å². The number of pyridine rings is 1. The lowest BCUT2D eigenvalue weighted by molar-refractivity contribution is 0.0351. The highest BCUT2D eigenvalue weighted by atomic mass is 35.5. The molecular weight excluding hydrogens is 284 g/mol. The molecule has 1 aromatic rings. The van der Waals surface area contributed by atoms with Crippen molar-refractivity contribution in [3.63, 3.8) is 0 Å². The third-order valence-corrected chi connectivity index (χ3v) is 4.74. The molecule has 21 heavy (non-hydrogen) atoms. The lowest BCUT2D eigenvalue weighted by Gasteiger charge is -2.37. The first-order chi connectivity index (χ1) is 9.87. The average molecular weight is 305 g/mol. The maximum Gasteiger partial charge on any atom is 0.131 e. The summed E-state index contributed by atoms with van der Waals surface area (Å²) in [7, 11) is 0. The van der Waals surface area contributed by atoms with Crippen molar-refractivity contribution >= 4 is 17.3 Å². The number of rotatable bonds is 1. The van der Waals surface area contributed by atoms with E-state index in [0.717, 1.165) is 37.2 Å². The van der Waals surface area contributed by atoms with Gasteiger partial charge in [-0.3, -0.25) is 0 Å². The lowest BCUT2D eigenvalue weighted by atomic mass is 9.93. The van der Waals surface area contributed by atoms with E-state index in [1.54, 1.807) is 6.20 Å². The van der Waals surface area contributed by atoms with Gasteiger partial charge in [0.15, 0.2) is 0 Å². The minimum absolute atomic E-state index is 0.197. The molecule has 1 aliphatic heterocycles. The highest BCUT2D eigenvalue weighted by Gasteiger charge is 2.35. The molecule has 0 bridgehead atoms. The minimum Gasteiger partial charge on any atom is -0.390 e. The third kappa shape index (κ3) is 3.51. The predicted molar refractivity (Wildman–Crippen MR) is 85.5 cm³/mol. The molecule has 0 aromatic carbocycles. The van der Waals surface area contributed by atoms with Crippen LogP contribution in [-0.4, -0.2) is 28.8 Å². The number of halogens is 1. The Bertz CT molecular complexity index is 601. The van der Waals surface area contributed by atoms with E-state index in [-0.39, 0.29) is 5.41 Å². The molecule has 0 spiro atoms. The fourth-order valence-electron chi connectivity index (χ4n) is 2.54. The van der Waals surface area contributed by atoms with E-state index in [4.69, 9.17) is 11.6 Å². The Balaban J connectivity index is 1.86. The normalized spacial score (nSPS) is 22.4. The lowest BCUT2D eigenvalue weighted by Crippen LogP contribution is -2.42. The molecule has 1 aromatic heterocycles. The van der Waals surface area contributed by atoms with E-state index in [2.05, 4.69) is 28.6 Å². The van der Waals surface area contributed by atoms with Crippen molar-refractivity contribution in [2.45, 2.75) is 45.1 Å². The van der Waals surface area contributed by atoms with Crippen molar-refractivity contribution in [1.29, 1.82) is 0 Å². The van der Waals surface area contributed by atoms with Gasteiger partial charge in [-0.15, -0.1) is 0 Å². The van der Waals surface area contributed by atoms with Gasteiger partial charge in [0.25, 0.3) is 0 Å². The molecule has 4 heteroatoms. The second-order valence-corrected chi connectivity index (χ2v) is 7.21. The molecule has 1 saturated heterocycles. The first-order valence-corrected chi connectivity index (χ1v) is 7.91. The Kier molecular flexibility index (Phi) is 3.63. The standard InChI is InChI=1S/C17H21ClN2O/c1-16(5-6-16)4-3-13-12-19-15(18)11-14(13)20-9-7-17(2,21)8-10-20/h11-12,21H,5-10H2,1-2H3. The molecule has 0 atom stereocenters. The van der Waals surface area contributed by atoms with Gasteiger partial charge < -0.3 is 10.0 Å². The fraction of sp³-hybridized carbons (Fsp3) is 0.588. The highest BCUT2D eigenvalue weighted by molar-refractivity contribution is 6.29. The van der Waals surface area contributed by atoms with Gasteiger partial charge in [0, 0.05) is 30.8 Å². The summed E-state index contributed by atoms with van der Waals surface area (Å²) in [5, 5.41) is 10.6. The number of aliphatic hydroxyl groups is 1. The van der Waals surface area contributed by atoms with Crippen molar-refractivity contribution in [2.24, 2.45) is 5.41 Å². The van der Waals surface area contributed by atoms with Gasteiger partial charge in [0.2, 0.25) is 0 Å². The smallest absolute Gasteiger partial charge is 0.131 e. The van der Waals surface area contributed by atoms with Gasteiger partial charge in [-0.1, -0.05) is 23.4 Å². The molecule has 0 amide bonds. The predicted octanol–water partition coefficient (Wildman–Crippen LogP) is 3.24. The monoisotopic (exact) mass is 304 g/mol. The highest BCUT2D eigenvalue weighted by Crippen LogP contribution is 2.44. The number of hydrogen-bond donors (Lipinski definition) is 1. The second kappa shape index (κ2) is 5.19. The SMILES string of the molecule is CC1(O)CCN(c2cc(Cl)ncc2C#CC2(C)CC2)CC1. The number of aromatic nitrogens is 1. The molecule has 112 valence electrons. The summed E-state index contributed by atoms with van der Waals surface area (Å²) < 4.78 is 0. The Morgan fingerprint density at radius 2 is 1.90 bits per heavy atom. The summed E-state index contributed by atoms with van der Waals surface area (Å²) in [5.74, 6) is 6.64. The molecule has 0 radical (unpaired) electrons. The third-order valence-electron chi connectivity index (χ3n) is 4.53. The summed E-state index contributed by atoms with van der Waals surface area (Å²) in [6, 6.07) is 1.89. The van der Waals surface area contributed by atoms with Crippen molar-refractivity contribution in [2.75, 3.05) is 18.0 Å². The van der Waals surface area contributed by atoms with Crippen molar-refractivity contribution in [3.8, 4) is 11.8 Å². The van der Waals surface area contributed by atoms with Gasteiger partial charge in [-0.05, 0) is 39.5 Å². The van der Waals surface area contributed by atoms with Crippen LogP contribution in [0.1, 0.15) is 45.1 Å². The molecule has 0 unspecified atom stereocenters. The molecule has 1 aliphatic carbocycles. The first kappa shape index (κ1) is 14.7. The van der Waals surface area contributed by atoms with Crippen LogP contribution in [0.15, 0.2) is 12.3 Å². The van der Waals surface area contributed by atoms with Crippen LogP contribution < -0.4 is 4.90 Å². The summed E-state index contributed by atoms with van der Waals surface area (Å²) in [6.07, 6.45) is 5.66. The molecule has 2 aliphatic rings. The van der Waals surface area contributed by atoms with Crippen LogP contribution in [0, 0.1) is 17.3 Å². The van der Waals surface area contributed by atoms with Crippen LogP contribution in [0.3, 0.4) is 0 Å². The van der Waals surface area contributed by atoms with E-state index in [9.17, 15) is 5.11 Å². The van der Waals surface area contributed by atoms with Crippen molar-refractivity contribution in [1.82, 2.24) is 4.98 Å². The van der Waals surface area contributed by atoms with E-state index >= 15 is 0 Å². The van der Waals surface area contributed by atoms with E-state index in [0.29, 0.717) is 5.15 Å². The summed E-state index contributed by atoms with van der Waals surface area (Å²) in [5.41, 5.74) is 1.62. The van der Waals surface area contributed by atoms with Crippen molar-refractivity contribution < 1.29 is 5.11 Å². The van der Waals surface area contributed by atoms with E-state index in [1.165, 1.54) is 12.8 Å². The van der Waals surface area contributed by atoms with Crippen LogP contribution >= 0.6 is 11.6 Å². The number of piperidine rings is 1. The molecule has 1 saturated carbocycles. The topological polar surface area (TPSA) is 36.4 Å². The largest absolute Gasteiger partial charge is 0.390 e. The Labute approximate surface area is 131 Å². The van der Waals surface area contributed by atoms with Gasteiger partial charge in [-0.25, -0.2) is 4.98 Å². The van der Waals surface area contributed by atoms with Gasteiger partial charge in [0.1, 0.15) is 5.15 Å². The zero-order valence-corrected chi connectivity index (χ0v) is 13.4. The fourth-order valence-corrected chi connectivity index (χ4v) is 2.69. The van der Waals surface area contributed by atoms with Crippen LogP contribution in [0.2, 0.25) is 5.15 Å². The van der Waals surface area contributed by atoms with Gasteiger partial charge in [-0.2, -0.15) is 0 Å². The second-order valence-electron chi connectivity index (χ2n) is 6.82. The summed E-state index contributed by atoms with van der Waals surface area (Å²) in [6.45, 7) is 5.73. The first-order valence-electron chi connectivity index (χ1n) is 7.53. The zero-order valence-electron chi connectivity index (χ0n) is 12.6. The van der Waals surface area contributed by atoms with E-state index < -0.39 is 5.60 Å². The number of hydrogen-bond acceptors (Lipinski definition) is 3. The number of anilines is 1. The Morgan fingerprint density at radius 1 is 1.24 bits per heavy atom. The Hall–Kier alpha value is -1.24. The van der Waals surface area contributed by atoms with Crippen molar-refractivity contribution in [3.05, 3.63) is 23.0 Å². The Morgan fingerprint density at radius 3 is 2.52 bits per heavy atom. The van der Waals surface area contributed by atoms with E-state index in [1.807, 2.05) is 13.0 Å². The number of nitrogens with zero attached hydrogens (tertiary/aromatic N) is 2.